The third-order valence-electron chi connectivity index (χ3n) is 4.25. The van der Waals surface area contributed by atoms with Gasteiger partial charge in [0.05, 0.1) is 6.61 Å². The van der Waals surface area contributed by atoms with E-state index in [9.17, 15) is 9.90 Å². The zero-order valence-corrected chi connectivity index (χ0v) is 13.1. The molecule has 1 fully saturated rings. The molecule has 2 N–H and O–H groups in total. The Kier molecular flexibility index (Phi) is 5.62. The summed E-state index contributed by atoms with van der Waals surface area (Å²) in [5.74, 6) is 0. The van der Waals surface area contributed by atoms with Crippen LogP contribution in [0.25, 0.3) is 0 Å². The van der Waals surface area contributed by atoms with Crippen LogP contribution < -0.4 is 5.32 Å². The summed E-state index contributed by atoms with van der Waals surface area (Å²) in [7, 11) is 0. The van der Waals surface area contributed by atoms with Gasteiger partial charge in [-0.25, -0.2) is 4.79 Å². The number of nitrogens with zero attached hydrogens (tertiary/aromatic N) is 1. The van der Waals surface area contributed by atoms with E-state index in [2.05, 4.69) is 5.32 Å². The summed E-state index contributed by atoms with van der Waals surface area (Å²) in [5, 5.41) is 12.3. The highest BCUT2D eigenvalue weighted by molar-refractivity contribution is 5.90. The zero-order valence-electron chi connectivity index (χ0n) is 13.1. The molecule has 0 heterocycles. The smallest absolute Gasteiger partial charge is 0.322 e. The second kappa shape index (κ2) is 7.46. The normalized spacial score (nSPS) is 15.8. The quantitative estimate of drug-likeness (QED) is 0.892. The van der Waals surface area contributed by atoms with Gasteiger partial charge in [0.15, 0.2) is 0 Å². The zero-order chi connectivity index (χ0) is 15.2. The number of hydrogen-bond acceptors (Lipinski definition) is 2. The molecule has 0 saturated heterocycles. The first-order chi connectivity index (χ1) is 10.1. The molecule has 2 amide bonds. The number of rotatable bonds is 4. The molecule has 0 bridgehead atoms. The average Bonchev–Trinajstić information content (AvgIpc) is 2.49. The van der Waals surface area contributed by atoms with Crippen LogP contribution >= 0.6 is 0 Å². The second-order valence-corrected chi connectivity index (χ2v) is 5.96. The van der Waals surface area contributed by atoms with Crippen LogP contribution in [0, 0.1) is 13.8 Å². The lowest BCUT2D eigenvalue weighted by atomic mass is 9.94. The van der Waals surface area contributed by atoms with Crippen molar-refractivity contribution in [1.82, 2.24) is 4.90 Å². The summed E-state index contributed by atoms with van der Waals surface area (Å²) in [6.45, 7) is 4.42. The summed E-state index contributed by atoms with van der Waals surface area (Å²) in [4.78, 5) is 14.4. The van der Waals surface area contributed by atoms with Crippen LogP contribution in [0.2, 0.25) is 0 Å². The number of carbonyl (C=O) groups is 1. The summed E-state index contributed by atoms with van der Waals surface area (Å²) in [6, 6.07) is 6.21. The molecule has 0 atom stereocenters. The highest BCUT2D eigenvalue weighted by atomic mass is 16.3. The van der Waals surface area contributed by atoms with Gasteiger partial charge >= 0.3 is 6.03 Å². The first-order valence-electron chi connectivity index (χ1n) is 7.87. The Morgan fingerprint density at radius 2 is 2.00 bits per heavy atom. The molecule has 0 unspecified atom stereocenters. The van der Waals surface area contributed by atoms with Crippen molar-refractivity contribution in [3.05, 3.63) is 29.3 Å². The van der Waals surface area contributed by atoms with Gasteiger partial charge in [-0.05, 0) is 43.9 Å². The summed E-state index contributed by atoms with van der Waals surface area (Å²) in [5.41, 5.74) is 3.04. The average molecular weight is 290 g/mol. The molecule has 1 saturated carbocycles. The highest BCUT2D eigenvalue weighted by Gasteiger charge is 2.25. The minimum absolute atomic E-state index is 0.0106. The molecule has 0 aromatic heterocycles. The van der Waals surface area contributed by atoms with E-state index in [-0.39, 0.29) is 18.7 Å². The molecule has 116 valence electrons. The van der Waals surface area contributed by atoms with E-state index in [0.717, 1.165) is 29.7 Å². The van der Waals surface area contributed by atoms with Crippen LogP contribution in [0.15, 0.2) is 18.2 Å². The van der Waals surface area contributed by atoms with Crippen LogP contribution in [-0.4, -0.2) is 35.2 Å². The first-order valence-corrected chi connectivity index (χ1v) is 7.87. The van der Waals surface area contributed by atoms with Crippen molar-refractivity contribution < 1.29 is 9.90 Å². The molecule has 1 aliphatic rings. The van der Waals surface area contributed by atoms with Crippen molar-refractivity contribution in [3.63, 3.8) is 0 Å². The molecule has 0 spiro atoms. The minimum Gasteiger partial charge on any atom is -0.395 e. The van der Waals surface area contributed by atoms with E-state index in [4.69, 9.17) is 0 Å². The van der Waals surface area contributed by atoms with Crippen molar-refractivity contribution in [2.75, 3.05) is 18.5 Å². The van der Waals surface area contributed by atoms with Crippen molar-refractivity contribution in [3.8, 4) is 0 Å². The van der Waals surface area contributed by atoms with E-state index in [1.54, 1.807) is 4.90 Å². The van der Waals surface area contributed by atoms with Crippen molar-refractivity contribution in [1.29, 1.82) is 0 Å². The number of hydrogen-bond donors (Lipinski definition) is 2. The number of benzene rings is 1. The Bertz CT molecular complexity index is 482. The Morgan fingerprint density at radius 1 is 1.29 bits per heavy atom. The number of aliphatic hydroxyl groups is 1. The summed E-state index contributed by atoms with van der Waals surface area (Å²) in [6.07, 6.45) is 5.68. The molecule has 1 aromatic carbocycles. The van der Waals surface area contributed by atoms with Gasteiger partial charge < -0.3 is 15.3 Å². The number of aryl methyl sites for hydroxylation is 2. The minimum atomic E-state index is -0.0929. The fourth-order valence-corrected chi connectivity index (χ4v) is 3.01. The fraction of sp³-hybridized carbons (Fsp3) is 0.588. The maximum Gasteiger partial charge on any atom is 0.322 e. The SMILES string of the molecule is Cc1ccc(C)c(NC(=O)N(CCO)C2CCCCC2)c1. The van der Waals surface area contributed by atoms with E-state index in [1.807, 2.05) is 32.0 Å². The summed E-state index contributed by atoms with van der Waals surface area (Å²) < 4.78 is 0. The van der Waals surface area contributed by atoms with Gasteiger partial charge in [0.2, 0.25) is 0 Å². The van der Waals surface area contributed by atoms with Crippen molar-refractivity contribution >= 4 is 11.7 Å². The van der Waals surface area contributed by atoms with E-state index >= 15 is 0 Å². The highest BCUT2D eigenvalue weighted by Crippen LogP contribution is 2.24. The van der Waals surface area contributed by atoms with Crippen LogP contribution in [-0.2, 0) is 0 Å². The maximum atomic E-state index is 12.6. The Balaban J connectivity index is 2.08. The molecule has 4 nitrogen and oxygen atoms in total. The molecule has 0 aliphatic heterocycles. The molecule has 4 heteroatoms. The van der Waals surface area contributed by atoms with E-state index < -0.39 is 0 Å². The van der Waals surface area contributed by atoms with Crippen LogP contribution in [0.3, 0.4) is 0 Å². The number of urea groups is 1. The largest absolute Gasteiger partial charge is 0.395 e. The molecular formula is C17H26N2O2. The number of carbonyl (C=O) groups excluding carboxylic acids is 1. The predicted octanol–water partition coefficient (Wildman–Crippen LogP) is 3.46. The van der Waals surface area contributed by atoms with Crippen LogP contribution in [0.1, 0.15) is 43.2 Å². The maximum absolute atomic E-state index is 12.6. The number of nitrogens with one attached hydrogen (secondary N) is 1. The molecule has 1 aliphatic carbocycles. The Hall–Kier alpha value is -1.55. The van der Waals surface area contributed by atoms with Gasteiger partial charge in [0.1, 0.15) is 0 Å². The third kappa shape index (κ3) is 4.21. The molecule has 21 heavy (non-hydrogen) atoms. The van der Waals surface area contributed by atoms with Gasteiger partial charge in [-0.3, -0.25) is 0 Å². The monoisotopic (exact) mass is 290 g/mol. The first kappa shape index (κ1) is 15.8. The number of aliphatic hydroxyl groups excluding tert-OH is 1. The van der Waals surface area contributed by atoms with E-state index in [0.29, 0.717) is 6.54 Å². The third-order valence-corrected chi connectivity index (χ3v) is 4.25. The molecule has 2 rings (SSSR count). The lowest BCUT2D eigenvalue weighted by Crippen LogP contribution is -2.45. The Labute approximate surface area is 127 Å². The van der Waals surface area contributed by atoms with Gasteiger partial charge in [0, 0.05) is 18.3 Å². The van der Waals surface area contributed by atoms with Gasteiger partial charge in [0.25, 0.3) is 0 Å². The van der Waals surface area contributed by atoms with Gasteiger partial charge in [-0.2, -0.15) is 0 Å². The van der Waals surface area contributed by atoms with Crippen LogP contribution in [0.4, 0.5) is 10.5 Å². The summed E-state index contributed by atoms with van der Waals surface area (Å²) >= 11 is 0. The molecule has 0 radical (unpaired) electrons. The number of amides is 2. The lowest BCUT2D eigenvalue weighted by Gasteiger charge is -2.34. The van der Waals surface area contributed by atoms with Crippen molar-refractivity contribution in [2.24, 2.45) is 0 Å². The Morgan fingerprint density at radius 3 is 2.67 bits per heavy atom. The van der Waals surface area contributed by atoms with Gasteiger partial charge in [-0.15, -0.1) is 0 Å². The van der Waals surface area contributed by atoms with E-state index in [1.165, 1.54) is 19.3 Å². The molecular weight excluding hydrogens is 264 g/mol. The standard InChI is InChI=1S/C17H26N2O2/c1-13-8-9-14(2)16(12-13)18-17(21)19(10-11-20)15-6-4-3-5-7-15/h8-9,12,15,20H,3-7,10-11H2,1-2H3,(H,18,21). The topological polar surface area (TPSA) is 52.6 Å². The van der Waals surface area contributed by atoms with Gasteiger partial charge in [-0.1, -0.05) is 31.4 Å². The fourth-order valence-electron chi connectivity index (χ4n) is 3.01. The second-order valence-electron chi connectivity index (χ2n) is 5.96. The lowest BCUT2D eigenvalue weighted by molar-refractivity contribution is 0.144. The number of anilines is 1. The van der Waals surface area contributed by atoms with Crippen molar-refractivity contribution in [2.45, 2.75) is 52.0 Å². The predicted molar refractivity (Wildman–Crippen MR) is 85.6 cm³/mol. The molecule has 1 aromatic rings. The van der Waals surface area contributed by atoms with Crippen LogP contribution in [0.5, 0.6) is 0 Å².